The van der Waals surface area contributed by atoms with E-state index in [1.807, 2.05) is 0 Å². The number of aliphatic hydroxyl groups is 1. The van der Waals surface area contributed by atoms with E-state index in [2.05, 4.69) is 61.7 Å². The number of hydrogen-bond acceptors (Lipinski definition) is 3. The summed E-state index contributed by atoms with van der Waals surface area (Å²) in [6.07, 6.45) is 1.62. The highest BCUT2D eigenvalue weighted by atomic mass is 16.3. The molecule has 1 rings (SSSR count). The molecular weight excluding hydrogens is 248 g/mol. The molecule has 3 nitrogen and oxygen atoms in total. The van der Waals surface area contributed by atoms with Crippen LogP contribution in [-0.4, -0.2) is 54.2 Å². The van der Waals surface area contributed by atoms with Crippen molar-refractivity contribution in [1.29, 1.82) is 0 Å². The van der Waals surface area contributed by atoms with Crippen LogP contribution in [0.5, 0.6) is 0 Å². The van der Waals surface area contributed by atoms with Crippen molar-refractivity contribution in [2.45, 2.75) is 26.0 Å². The summed E-state index contributed by atoms with van der Waals surface area (Å²) < 4.78 is 0. The monoisotopic (exact) mass is 276 g/mol. The maximum Gasteiger partial charge on any atom is 0.0923 e. The summed E-state index contributed by atoms with van der Waals surface area (Å²) in [5.74, 6) is 0. The lowest BCUT2D eigenvalue weighted by atomic mass is 10.1. The SMILES string of the molecule is C=CC(C)(O)CN(CCN(C)C)Cc1cccc(C)c1. The highest BCUT2D eigenvalue weighted by molar-refractivity contribution is 5.22. The van der Waals surface area contributed by atoms with Crippen molar-refractivity contribution in [3.05, 3.63) is 48.0 Å². The lowest BCUT2D eigenvalue weighted by Crippen LogP contribution is -2.41. The third-order valence-corrected chi connectivity index (χ3v) is 3.34. The first kappa shape index (κ1) is 16.9. The smallest absolute Gasteiger partial charge is 0.0923 e. The third kappa shape index (κ3) is 6.33. The Morgan fingerprint density at radius 3 is 2.55 bits per heavy atom. The molecule has 1 atom stereocenters. The van der Waals surface area contributed by atoms with E-state index in [4.69, 9.17) is 0 Å². The van der Waals surface area contributed by atoms with Gasteiger partial charge in [-0.15, -0.1) is 6.58 Å². The molecule has 0 bridgehead atoms. The van der Waals surface area contributed by atoms with Crippen LogP contribution in [0.15, 0.2) is 36.9 Å². The Morgan fingerprint density at radius 1 is 1.30 bits per heavy atom. The lowest BCUT2D eigenvalue weighted by Gasteiger charge is -2.30. The fraction of sp³-hybridized carbons (Fsp3) is 0.529. The van der Waals surface area contributed by atoms with E-state index in [0.717, 1.165) is 19.6 Å². The number of likely N-dealkylation sites (N-methyl/N-ethyl adjacent to an activating group) is 1. The molecule has 0 saturated heterocycles. The molecule has 0 radical (unpaired) electrons. The van der Waals surface area contributed by atoms with Crippen LogP contribution in [-0.2, 0) is 6.54 Å². The van der Waals surface area contributed by atoms with Crippen LogP contribution >= 0.6 is 0 Å². The average molecular weight is 276 g/mol. The first-order valence-electron chi connectivity index (χ1n) is 7.11. The number of benzene rings is 1. The molecule has 0 aliphatic heterocycles. The first-order valence-corrected chi connectivity index (χ1v) is 7.11. The van der Waals surface area contributed by atoms with Crippen molar-refractivity contribution in [1.82, 2.24) is 9.80 Å². The summed E-state index contributed by atoms with van der Waals surface area (Å²) in [6, 6.07) is 8.53. The van der Waals surface area contributed by atoms with E-state index in [-0.39, 0.29) is 0 Å². The van der Waals surface area contributed by atoms with E-state index in [9.17, 15) is 5.11 Å². The van der Waals surface area contributed by atoms with Gasteiger partial charge in [-0.3, -0.25) is 4.90 Å². The zero-order valence-electron chi connectivity index (χ0n) is 13.3. The Bertz CT molecular complexity index is 427. The molecule has 0 spiro atoms. The van der Waals surface area contributed by atoms with Crippen LogP contribution in [0.3, 0.4) is 0 Å². The Labute approximate surface area is 123 Å². The standard InChI is InChI=1S/C17H28N2O/c1-6-17(3,20)14-19(11-10-18(4)5)13-16-9-7-8-15(2)12-16/h6-9,12,20H,1,10-11,13-14H2,2-5H3. The molecule has 1 N–H and O–H groups in total. The van der Waals surface area contributed by atoms with Crippen LogP contribution in [0.2, 0.25) is 0 Å². The van der Waals surface area contributed by atoms with Crippen molar-refractivity contribution in [2.75, 3.05) is 33.7 Å². The van der Waals surface area contributed by atoms with Crippen LogP contribution in [0.25, 0.3) is 0 Å². The minimum Gasteiger partial charge on any atom is -0.385 e. The van der Waals surface area contributed by atoms with E-state index in [0.29, 0.717) is 6.54 Å². The summed E-state index contributed by atoms with van der Waals surface area (Å²) in [5.41, 5.74) is 1.70. The first-order chi connectivity index (χ1) is 9.32. The molecule has 20 heavy (non-hydrogen) atoms. The topological polar surface area (TPSA) is 26.7 Å². The second-order valence-corrected chi connectivity index (χ2v) is 6.06. The van der Waals surface area contributed by atoms with Crippen molar-refractivity contribution in [2.24, 2.45) is 0 Å². The Balaban J connectivity index is 2.73. The van der Waals surface area contributed by atoms with Gasteiger partial charge in [-0.05, 0) is 33.5 Å². The molecule has 3 heteroatoms. The molecular formula is C17H28N2O. The van der Waals surface area contributed by atoms with Crippen molar-refractivity contribution in [3.8, 4) is 0 Å². The number of nitrogens with zero attached hydrogens (tertiary/aromatic N) is 2. The van der Waals surface area contributed by atoms with Gasteiger partial charge in [-0.1, -0.05) is 35.9 Å². The number of rotatable bonds is 8. The van der Waals surface area contributed by atoms with Gasteiger partial charge in [0.1, 0.15) is 0 Å². The molecule has 1 unspecified atom stereocenters. The average Bonchev–Trinajstić information content (AvgIpc) is 2.35. The normalized spacial score (nSPS) is 14.6. The van der Waals surface area contributed by atoms with Gasteiger partial charge in [0.2, 0.25) is 0 Å². The van der Waals surface area contributed by atoms with Gasteiger partial charge in [0.15, 0.2) is 0 Å². The van der Waals surface area contributed by atoms with Gasteiger partial charge >= 0.3 is 0 Å². The second kappa shape index (κ2) is 7.58. The summed E-state index contributed by atoms with van der Waals surface area (Å²) in [4.78, 5) is 4.43. The zero-order chi connectivity index (χ0) is 15.2. The van der Waals surface area contributed by atoms with E-state index < -0.39 is 5.60 Å². The van der Waals surface area contributed by atoms with Crippen molar-refractivity contribution < 1.29 is 5.11 Å². The summed E-state index contributed by atoms with van der Waals surface area (Å²) in [7, 11) is 4.13. The summed E-state index contributed by atoms with van der Waals surface area (Å²) >= 11 is 0. The molecule has 0 fully saturated rings. The summed E-state index contributed by atoms with van der Waals surface area (Å²) in [5, 5.41) is 10.2. The number of hydrogen-bond donors (Lipinski definition) is 1. The minimum atomic E-state index is -0.851. The quantitative estimate of drug-likeness (QED) is 0.738. The molecule has 1 aromatic carbocycles. The van der Waals surface area contributed by atoms with E-state index in [1.165, 1.54) is 11.1 Å². The van der Waals surface area contributed by atoms with Crippen LogP contribution in [0.4, 0.5) is 0 Å². The molecule has 0 aliphatic rings. The largest absolute Gasteiger partial charge is 0.385 e. The molecule has 0 aromatic heterocycles. The molecule has 0 aliphatic carbocycles. The van der Waals surface area contributed by atoms with Crippen molar-refractivity contribution >= 4 is 0 Å². The molecule has 0 heterocycles. The van der Waals surface area contributed by atoms with Gasteiger partial charge in [-0.25, -0.2) is 0 Å². The Morgan fingerprint density at radius 2 is 2.00 bits per heavy atom. The fourth-order valence-corrected chi connectivity index (χ4v) is 2.14. The summed E-state index contributed by atoms with van der Waals surface area (Å²) in [6.45, 7) is 11.0. The molecule has 1 aromatic rings. The van der Waals surface area contributed by atoms with Crippen LogP contribution in [0, 0.1) is 6.92 Å². The fourth-order valence-electron chi connectivity index (χ4n) is 2.14. The number of aryl methyl sites for hydroxylation is 1. The van der Waals surface area contributed by atoms with Crippen molar-refractivity contribution in [3.63, 3.8) is 0 Å². The Kier molecular flexibility index (Phi) is 6.40. The second-order valence-electron chi connectivity index (χ2n) is 6.06. The van der Waals surface area contributed by atoms with Gasteiger partial charge in [0.25, 0.3) is 0 Å². The van der Waals surface area contributed by atoms with Gasteiger partial charge in [0, 0.05) is 26.2 Å². The molecule has 112 valence electrons. The van der Waals surface area contributed by atoms with Gasteiger partial charge in [-0.2, -0.15) is 0 Å². The highest BCUT2D eigenvalue weighted by Gasteiger charge is 2.20. The van der Waals surface area contributed by atoms with Crippen LogP contribution in [0.1, 0.15) is 18.1 Å². The lowest BCUT2D eigenvalue weighted by molar-refractivity contribution is 0.0562. The predicted octanol–water partition coefficient (Wildman–Crippen LogP) is 2.30. The van der Waals surface area contributed by atoms with Gasteiger partial charge in [0.05, 0.1) is 5.60 Å². The maximum absolute atomic E-state index is 10.2. The molecule has 0 saturated carbocycles. The molecule has 0 amide bonds. The van der Waals surface area contributed by atoms with Crippen LogP contribution < -0.4 is 0 Å². The maximum atomic E-state index is 10.2. The highest BCUT2D eigenvalue weighted by Crippen LogP contribution is 2.12. The zero-order valence-corrected chi connectivity index (χ0v) is 13.3. The third-order valence-electron chi connectivity index (χ3n) is 3.34. The van der Waals surface area contributed by atoms with Gasteiger partial charge < -0.3 is 10.0 Å². The minimum absolute atomic E-state index is 0.596. The van der Waals surface area contributed by atoms with E-state index >= 15 is 0 Å². The Hall–Kier alpha value is -1.16. The predicted molar refractivity (Wildman–Crippen MR) is 85.8 cm³/mol. The van der Waals surface area contributed by atoms with E-state index in [1.54, 1.807) is 13.0 Å².